The van der Waals surface area contributed by atoms with Gasteiger partial charge in [0.1, 0.15) is 10.7 Å². The lowest BCUT2D eigenvalue weighted by atomic mass is 9.85. The number of anilines is 2. The molecule has 5 nitrogen and oxygen atoms in total. The smallest absolute Gasteiger partial charge is 0.265 e. The predicted molar refractivity (Wildman–Crippen MR) is 91.0 cm³/mol. The van der Waals surface area contributed by atoms with Crippen molar-refractivity contribution in [1.82, 2.24) is 10.3 Å². The first-order valence-corrected chi connectivity index (χ1v) is 8.35. The van der Waals surface area contributed by atoms with E-state index in [9.17, 15) is 4.79 Å². The first-order chi connectivity index (χ1) is 9.77. The standard InChI is InChI=1S/C15H28N4OS/c1-7-19(6)15-18-13(16)12(21-15)14(20)17-8-11(9(2)3)10(4)5/h9-11H,7-8,16H2,1-6H3,(H,17,20). The fourth-order valence-electron chi connectivity index (χ4n) is 2.31. The number of nitrogens with one attached hydrogen (secondary N) is 1. The molecule has 0 bridgehead atoms. The summed E-state index contributed by atoms with van der Waals surface area (Å²) < 4.78 is 0. The molecular weight excluding hydrogens is 284 g/mol. The number of nitrogen functional groups attached to an aromatic ring is 1. The molecule has 1 heterocycles. The van der Waals surface area contributed by atoms with Crippen LogP contribution in [0, 0.1) is 17.8 Å². The van der Waals surface area contributed by atoms with Gasteiger partial charge in [-0.3, -0.25) is 4.79 Å². The molecule has 1 aromatic heterocycles. The summed E-state index contributed by atoms with van der Waals surface area (Å²) in [5.41, 5.74) is 5.87. The lowest BCUT2D eigenvalue weighted by Crippen LogP contribution is -2.33. The minimum atomic E-state index is -0.118. The zero-order valence-electron chi connectivity index (χ0n) is 13.9. The maximum atomic E-state index is 12.3. The van der Waals surface area contributed by atoms with E-state index in [0.29, 0.717) is 35.0 Å². The van der Waals surface area contributed by atoms with Crippen LogP contribution in [-0.4, -0.2) is 31.0 Å². The summed E-state index contributed by atoms with van der Waals surface area (Å²) in [5.74, 6) is 1.73. The van der Waals surface area contributed by atoms with E-state index in [0.717, 1.165) is 11.7 Å². The molecule has 1 aromatic rings. The highest BCUT2D eigenvalue weighted by atomic mass is 32.1. The summed E-state index contributed by atoms with van der Waals surface area (Å²) in [6.45, 7) is 12.3. The summed E-state index contributed by atoms with van der Waals surface area (Å²) in [7, 11) is 1.94. The third kappa shape index (κ3) is 4.59. The topological polar surface area (TPSA) is 71.2 Å². The van der Waals surface area contributed by atoms with Crippen molar-refractivity contribution in [1.29, 1.82) is 0 Å². The molecule has 0 aliphatic carbocycles. The van der Waals surface area contributed by atoms with E-state index in [1.54, 1.807) is 0 Å². The largest absolute Gasteiger partial charge is 0.382 e. The van der Waals surface area contributed by atoms with Crippen LogP contribution in [0.1, 0.15) is 44.3 Å². The molecule has 120 valence electrons. The van der Waals surface area contributed by atoms with Crippen molar-refractivity contribution >= 4 is 28.2 Å². The van der Waals surface area contributed by atoms with Gasteiger partial charge in [-0.1, -0.05) is 39.0 Å². The maximum absolute atomic E-state index is 12.3. The van der Waals surface area contributed by atoms with Crippen LogP contribution in [0.4, 0.5) is 10.9 Å². The van der Waals surface area contributed by atoms with Crippen LogP contribution in [-0.2, 0) is 0 Å². The molecule has 21 heavy (non-hydrogen) atoms. The maximum Gasteiger partial charge on any atom is 0.265 e. The molecule has 0 unspecified atom stereocenters. The zero-order valence-corrected chi connectivity index (χ0v) is 14.8. The molecular formula is C15H28N4OS. The van der Waals surface area contributed by atoms with Gasteiger partial charge in [-0.25, -0.2) is 4.98 Å². The highest BCUT2D eigenvalue weighted by Gasteiger charge is 2.21. The highest BCUT2D eigenvalue weighted by molar-refractivity contribution is 7.18. The highest BCUT2D eigenvalue weighted by Crippen LogP contribution is 2.27. The number of hydrogen-bond acceptors (Lipinski definition) is 5. The van der Waals surface area contributed by atoms with Crippen molar-refractivity contribution in [2.45, 2.75) is 34.6 Å². The number of rotatable bonds is 7. The Morgan fingerprint density at radius 1 is 1.33 bits per heavy atom. The van der Waals surface area contributed by atoms with E-state index in [2.05, 4.69) is 38.0 Å². The van der Waals surface area contributed by atoms with Crippen molar-refractivity contribution in [3.05, 3.63) is 4.88 Å². The molecule has 3 N–H and O–H groups in total. The lowest BCUT2D eigenvalue weighted by Gasteiger charge is -2.24. The molecule has 0 aliphatic heterocycles. The molecule has 1 amide bonds. The average Bonchev–Trinajstić information content (AvgIpc) is 2.79. The number of thiazole rings is 1. The fourth-order valence-corrected chi connectivity index (χ4v) is 3.24. The van der Waals surface area contributed by atoms with Gasteiger partial charge < -0.3 is 16.0 Å². The summed E-state index contributed by atoms with van der Waals surface area (Å²) in [5, 5.41) is 3.79. The van der Waals surface area contributed by atoms with Crippen LogP contribution in [0.25, 0.3) is 0 Å². The van der Waals surface area contributed by atoms with Crippen molar-refractivity contribution < 1.29 is 4.79 Å². The molecule has 0 aliphatic rings. The van der Waals surface area contributed by atoms with Crippen LogP contribution in [0.2, 0.25) is 0 Å². The first kappa shape index (κ1) is 17.8. The van der Waals surface area contributed by atoms with Gasteiger partial charge in [0.05, 0.1) is 0 Å². The van der Waals surface area contributed by atoms with Crippen LogP contribution >= 0.6 is 11.3 Å². The van der Waals surface area contributed by atoms with E-state index in [-0.39, 0.29) is 5.91 Å². The molecule has 0 radical (unpaired) electrons. The Labute approximate surface area is 131 Å². The number of aromatic nitrogens is 1. The summed E-state index contributed by atoms with van der Waals surface area (Å²) in [6.07, 6.45) is 0. The molecule has 0 aromatic carbocycles. The van der Waals surface area contributed by atoms with E-state index in [4.69, 9.17) is 5.73 Å². The Hall–Kier alpha value is -1.30. The Bertz CT molecular complexity index is 462. The predicted octanol–water partition coefficient (Wildman–Crippen LogP) is 2.84. The number of carbonyl (C=O) groups is 1. The summed E-state index contributed by atoms with van der Waals surface area (Å²) >= 11 is 1.35. The summed E-state index contributed by atoms with van der Waals surface area (Å²) in [4.78, 5) is 19.0. The Morgan fingerprint density at radius 2 is 1.90 bits per heavy atom. The second-order valence-electron chi connectivity index (χ2n) is 6.09. The third-order valence-electron chi connectivity index (χ3n) is 3.86. The van der Waals surface area contributed by atoms with Crippen molar-refractivity contribution in [3.8, 4) is 0 Å². The van der Waals surface area contributed by atoms with E-state index < -0.39 is 0 Å². The van der Waals surface area contributed by atoms with Crippen molar-refractivity contribution in [3.63, 3.8) is 0 Å². The van der Waals surface area contributed by atoms with E-state index in [1.807, 2.05) is 18.9 Å². The van der Waals surface area contributed by atoms with Crippen molar-refractivity contribution in [2.24, 2.45) is 17.8 Å². The normalized spacial score (nSPS) is 11.5. The second-order valence-corrected chi connectivity index (χ2v) is 7.06. The average molecular weight is 312 g/mol. The zero-order chi connectivity index (χ0) is 16.2. The van der Waals surface area contributed by atoms with Crippen molar-refractivity contribution in [2.75, 3.05) is 30.8 Å². The van der Waals surface area contributed by atoms with Crippen LogP contribution in [0.5, 0.6) is 0 Å². The van der Waals surface area contributed by atoms with E-state index >= 15 is 0 Å². The van der Waals surface area contributed by atoms with Crippen LogP contribution in [0.15, 0.2) is 0 Å². The van der Waals surface area contributed by atoms with Gasteiger partial charge in [0, 0.05) is 20.1 Å². The molecule has 1 rings (SSSR count). The Morgan fingerprint density at radius 3 is 2.38 bits per heavy atom. The monoisotopic (exact) mass is 312 g/mol. The molecule has 0 saturated heterocycles. The number of carbonyl (C=O) groups excluding carboxylic acids is 1. The lowest BCUT2D eigenvalue weighted by molar-refractivity contribution is 0.0942. The van der Waals surface area contributed by atoms with Gasteiger partial charge in [0.15, 0.2) is 5.13 Å². The Kier molecular flexibility index (Phi) is 6.45. The van der Waals surface area contributed by atoms with Gasteiger partial charge in [-0.15, -0.1) is 0 Å². The summed E-state index contributed by atoms with van der Waals surface area (Å²) in [6, 6.07) is 0. The fraction of sp³-hybridized carbons (Fsp3) is 0.733. The molecule has 0 spiro atoms. The van der Waals surface area contributed by atoms with Crippen LogP contribution < -0.4 is 16.0 Å². The first-order valence-electron chi connectivity index (χ1n) is 7.53. The third-order valence-corrected chi connectivity index (χ3v) is 5.04. The second kappa shape index (κ2) is 7.64. The number of nitrogens with zero attached hydrogens (tertiary/aromatic N) is 2. The SMILES string of the molecule is CCN(C)c1nc(N)c(C(=O)NCC(C(C)C)C(C)C)s1. The number of amides is 1. The van der Waals surface area contributed by atoms with Gasteiger partial charge >= 0.3 is 0 Å². The molecule has 0 saturated carbocycles. The molecule has 0 fully saturated rings. The molecule has 6 heteroatoms. The van der Waals surface area contributed by atoms with Gasteiger partial charge in [0.2, 0.25) is 0 Å². The van der Waals surface area contributed by atoms with E-state index in [1.165, 1.54) is 11.3 Å². The number of hydrogen-bond donors (Lipinski definition) is 2. The minimum absolute atomic E-state index is 0.118. The number of nitrogens with two attached hydrogens (primary N) is 1. The van der Waals surface area contributed by atoms with Gasteiger partial charge in [-0.2, -0.15) is 0 Å². The van der Waals surface area contributed by atoms with Crippen LogP contribution in [0.3, 0.4) is 0 Å². The quantitative estimate of drug-likeness (QED) is 0.812. The molecule has 0 atom stereocenters. The van der Waals surface area contributed by atoms with Gasteiger partial charge in [0.25, 0.3) is 5.91 Å². The minimum Gasteiger partial charge on any atom is -0.382 e. The van der Waals surface area contributed by atoms with Gasteiger partial charge in [-0.05, 0) is 24.7 Å². The Balaban J connectivity index is 2.74.